The number of alkyl halides is 2. The summed E-state index contributed by atoms with van der Waals surface area (Å²) in [6, 6.07) is 0. The first kappa shape index (κ1) is 7.54. The van der Waals surface area contributed by atoms with Gasteiger partial charge in [-0.2, -0.15) is 0 Å². The van der Waals surface area contributed by atoms with Crippen molar-refractivity contribution in [1.29, 1.82) is 0 Å². The van der Waals surface area contributed by atoms with Crippen LogP contribution in [-0.4, -0.2) is 14.3 Å². The van der Waals surface area contributed by atoms with E-state index in [-0.39, 0.29) is 3.23 Å². The van der Waals surface area contributed by atoms with Gasteiger partial charge in [0.1, 0.15) is 0 Å². The fraction of sp³-hybridized carbons (Fsp3) is 0.800. The van der Waals surface area contributed by atoms with Gasteiger partial charge in [0.05, 0.1) is 8.65 Å². The van der Waals surface area contributed by atoms with Gasteiger partial charge in [0.2, 0.25) is 0 Å². The van der Waals surface area contributed by atoms with Crippen LogP contribution in [0.3, 0.4) is 0 Å². The summed E-state index contributed by atoms with van der Waals surface area (Å²) in [5, 5.41) is 8.59. The molecule has 0 bridgehead atoms. The summed E-state index contributed by atoms with van der Waals surface area (Å²) in [4.78, 5) is 10.4. The van der Waals surface area contributed by atoms with Crippen LogP contribution < -0.4 is 0 Å². The smallest absolute Gasteiger partial charge is 0.311 e. The molecule has 0 saturated heterocycles. The summed E-state index contributed by atoms with van der Waals surface area (Å²) in [7, 11) is 0. The summed E-state index contributed by atoms with van der Waals surface area (Å²) < 4.78 is -0.348. The molecule has 0 aliphatic heterocycles. The lowest BCUT2D eigenvalue weighted by atomic mass is 10.2. The van der Waals surface area contributed by atoms with Gasteiger partial charge in [-0.1, -0.05) is 31.9 Å². The Hall–Kier alpha value is 0.430. The summed E-state index contributed by atoms with van der Waals surface area (Å²) in [6.45, 7) is 1.71. The Morgan fingerprint density at radius 3 is 2.00 bits per heavy atom. The van der Waals surface area contributed by atoms with Gasteiger partial charge in [0.25, 0.3) is 0 Å². The molecule has 1 rings (SSSR count). The van der Waals surface area contributed by atoms with E-state index >= 15 is 0 Å². The van der Waals surface area contributed by atoms with Crippen LogP contribution in [0.15, 0.2) is 0 Å². The van der Waals surface area contributed by atoms with Crippen molar-refractivity contribution in [2.45, 2.75) is 16.6 Å². The van der Waals surface area contributed by atoms with Crippen molar-refractivity contribution in [1.82, 2.24) is 0 Å². The second kappa shape index (κ2) is 1.72. The van der Waals surface area contributed by atoms with Gasteiger partial charge in [-0.3, -0.25) is 4.79 Å². The van der Waals surface area contributed by atoms with Crippen LogP contribution in [0.4, 0.5) is 0 Å². The first-order valence-corrected chi connectivity index (χ1v) is 4.10. The molecule has 0 spiro atoms. The van der Waals surface area contributed by atoms with E-state index in [0.717, 1.165) is 0 Å². The molecule has 1 aliphatic rings. The lowest BCUT2D eigenvalue weighted by molar-refractivity contribution is -0.142. The highest BCUT2D eigenvalue weighted by Gasteiger charge is 2.67. The quantitative estimate of drug-likeness (QED) is 0.730. The van der Waals surface area contributed by atoms with E-state index in [2.05, 4.69) is 31.9 Å². The Morgan fingerprint density at radius 2 is 2.00 bits per heavy atom. The predicted molar refractivity (Wildman–Crippen MR) is 40.9 cm³/mol. The lowest BCUT2D eigenvalue weighted by Gasteiger charge is -2.03. The molecule has 0 aromatic carbocycles. The van der Waals surface area contributed by atoms with Crippen molar-refractivity contribution >= 4 is 37.8 Å². The highest BCUT2D eigenvalue weighted by Crippen LogP contribution is 2.66. The molecule has 0 heterocycles. The molecule has 0 radical (unpaired) electrons. The average molecular weight is 258 g/mol. The van der Waals surface area contributed by atoms with E-state index < -0.39 is 11.4 Å². The van der Waals surface area contributed by atoms with Crippen molar-refractivity contribution in [2.24, 2.45) is 5.41 Å². The molecule has 1 aliphatic carbocycles. The van der Waals surface area contributed by atoms with Gasteiger partial charge in [-0.15, -0.1) is 0 Å². The van der Waals surface area contributed by atoms with Crippen molar-refractivity contribution in [3.8, 4) is 0 Å². The summed E-state index contributed by atoms with van der Waals surface area (Å²) in [5.74, 6) is -0.753. The van der Waals surface area contributed by atoms with E-state index in [4.69, 9.17) is 5.11 Å². The third-order valence-corrected chi connectivity index (χ3v) is 4.04. The molecule has 9 heavy (non-hydrogen) atoms. The molecule has 1 fully saturated rings. The zero-order valence-electron chi connectivity index (χ0n) is 4.82. The second-order valence-electron chi connectivity index (χ2n) is 2.52. The first-order chi connectivity index (χ1) is 3.90. The van der Waals surface area contributed by atoms with E-state index in [1.165, 1.54) is 0 Å². The molecule has 4 heteroatoms. The predicted octanol–water partition coefficient (Wildman–Crippen LogP) is 1.97. The number of rotatable bonds is 1. The molecule has 1 atom stereocenters. The Balaban J connectivity index is 2.74. The summed E-state index contributed by atoms with van der Waals surface area (Å²) in [6.07, 6.45) is 0.648. The van der Waals surface area contributed by atoms with Crippen LogP contribution >= 0.6 is 31.9 Å². The van der Waals surface area contributed by atoms with Crippen molar-refractivity contribution < 1.29 is 9.90 Å². The largest absolute Gasteiger partial charge is 0.481 e. The van der Waals surface area contributed by atoms with Gasteiger partial charge in [-0.25, -0.2) is 0 Å². The molecule has 52 valence electrons. The normalized spacial score (nSPS) is 38.1. The van der Waals surface area contributed by atoms with E-state index in [9.17, 15) is 4.79 Å². The van der Waals surface area contributed by atoms with Crippen molar-refractivity contribution in [2.75, 3.05) is 0 Å². The maximum absolute atomic E-state index is 10.4. The minimum Gasteiger partial charge on any atom is -0.481 e. The Bertz CT molecular complexity index is 166. The van der Waals surface area contributed by atoms with Gasteiger partial charge in [-0.05, 0) is 13.3 Å². The zero-order valence-corrected chi connectivity index (χ0v) is 7.99. The number of hydrogen-bond donors (Lipinski definition) is 1. The van der Waals surface area contributed by atoms with Crippen LogP contribution in [0.1, 0.15) is 13.3 Å². The fourth-order valence-electron chi connectivity index (χ4n) is 0.632. The molecule has 1 saturated carbocycles. The second-order valence-corrected chi connectivity index (χ2v) is 6.29. The Morgan fingerprint density at radius 1 is 1.67 bits per heavy atom. The molecule has 0 amide bonds. The van der Waals surface area contributed by atoms with Crippen LogP contribution in [0.5, 0.6) is 0 Å². The number of aliphatic carboxylic acids is 1. The first-order valence-electron chi connectivity index (χ1n) is 2.51. The minimum absolute atomic E-state index is 0.348. The van der Waals surface area contributed by atoms with Crippen LogP contribution in [0.25, 0.3) is 0 Å². The highest BCUT2D eigenvalue weighted by molar-refractivity contribution is 9.25. The number of carbonyl (C=O) groups is 1. The summed E-state index contributed by atoms with van der Waals surface area (Å²) in [5.41, 5.74) is -0.604. The van der Waals surface area contributed by atoms with Gasteiger partial charge in [0.15, 0.2) is 0 Å². The van der Waals surface area contributed by atoms with Gasteiger partial charge in [0, 0.05) is 0 Å². The molecule has 1 N–H and O–H groups in total. The molecule has 1 unspecified atom stereocenters. The lowest BCUT2D eigenvalue weighted by Crippen LogP contribution is -2.16. The molecule has 0 aromatic rings. The number of carboxylic acids is 1. The van der Waals surface area contributed by atoms with Crippen molar-refractivity contribution in [3.63, 3.8) is 0 Å². The monoisotopic (exact) mass is 256 g/mol. The third-order valence-electron chi connectivity index (χ3n) is 1.73. The fourth-order valence-corrected chi connectivity index (χ4v) is 2.09. The average Bonchev–Trinajstić information content (AvgIpc) is 2.08. The molecular weight excluding hydrogens is 252 g/mol. The van der Waals surface area contributed by atoms with E-state index in [1.54, 1.807) is 6.92 Å². The SMILES string of the molecule is CC1(C(=O)O)CC1(Br)Br. The Labute approximate surface area is 69.9 Å². The zero-order chi connectivity index (χ0) is 7.28. The molecule has 0 aromatic heterocycles. The van der Waals surface area contributed by atoms with Gasteiger partial charge < -0.3 is 5.11 Å². The third kappa shape index (κ3) is 0.923. The standard InChI is InChI=1S/C5H6Br2O2/c1-4(3(8)9)2-5(4,6)7/h2H2,1H3,(H,8,9). The molecular formula is C5H6Br2O2. The van der Waals surface area contributed by atoms with E-state index in [1.807, 2.05) is 0 Å². The molecule has 2 nitrogen and oxygen atoms in total. The van der Waals surface area contributed by atoms with Crippen LogP contribution in [0.2, 0.25) is 0 Å². The highest BCUT2D eigenvalue weighted by atomic mass is 79.9. The maximum atomic E-state index is 10.4. The topological polar surface area (TPSA) is 37.3 Å². The number of halogens is 2. The van der Waals surface area contributed by atoms with E-state index in [0.29, 0.717) is 6.42 Å². The van der Waals surface area contributed by atoms with Crippen LogP contribution in [0, 0.1) is 5.41 Å². The number of hydrogen-bond acceptors (Lipinski definition) is 1. The Kier molecular flexibility index (Phi) is 1.44. The minimum atomic E-state index is -0.753. The summed E-state index contributed by atoms with van der Waals surface area (Å²) >= 11 is 6.49. The number of carboxylic acid groups (broad SMARTS) is 1. The van der Waals surface area contributed by atoms with Gasteiger partial charge >= 0.3 is 5.97 Å². The maximum Gasteiger partial charge on any atom is 0.311 e. The van der Waals surface area contributed by atoms with Crippen LogP contribution in [-0.2, 0) is 4.79 Å². The van der Waals surface area contributed by atoms with Crippen molar-refractivity contribution in [3.05, 3.63) is 0 Å².